The molecule has 27 heavy (non-hydrogen) atoms. The van der Waals surface area contributed by atoms with Crippen LogP contribution in [0.15, 0.2) is 46.2 Å². The Kier molecular flexibility index (Phi) is 4.67. The summed E-state index contributed by atoms with van der Waals surface area (Å²) in [4.78, 5) is 19.4. The first-order chi connectivity index (χ1) is 13.0. The Bertz CT molecular complexity index is 1180. The largest absolute Gasteiger partial charge is 0.309 e. The van der Waals surface area contributed by atoms with Gasteiger partial charge in [0.2, 0.25) is 0 Å². The SMILES string of the molecule is Cc1cc(C)n(-c2ccc(SCc3nc4cc(Cl)ccc4c(=O)[nH]3)nn2)n1. The molecule has 3 aromatic heterocycles. The van der Waals surface area contributed by atoms with E-state index in [1.54, 1.807) is 22.9 Å². The molecule has 0 aliphatic heterocycles. The summed E-state index contributed by atoms with van der Waals surface area (Å²) in [6.45, 7) is 3.91. The third-order valence-corrected chi connectivity index (χ3v) is 5.09. The number of nitrogens with zero attached hydrogens (tertiary/aromatic N) is 5. The van der Waals surface area contributed by atoms with Gasteiger partial charge >= 0.3 is 0 Å². The molecule has 0 aliphatic rings. The lowest BCUT2D eigenvalue weighted by molar-refractivity contribution is 0.765. The second kappa shape index (κ2) is 7.13. The molecule has 1 N–H and O–H groups in total. The number of hydrogen-bond acceptors (Lipinski definition) is 6. The molecule has 0 bridgehead atoms. The molecule has 1 aromatic carbocycles. The lowest BCUT2D eigenvalue weighted by Crippen LogP contribution is -2.11. The molecule has 4 rings (SSSR count). The molecule has 0 unspecified atom stereocenters. The molecule has 0 saturated carbocycles. The smallest absolute Gasteiger partial charge is 0.258 e. The van der Waals surface area contributed by atoms with Gasteiger partial charge in [-0.05, 0) is 50.2 Å². The van der Waals surface area contributed by atoms with Gasteiger partial charge in [-0.15, -0.1) is 10.2 Å². The maximum absolute atomic E-state index is 12.2. The minimum Gasteiger partial charge on any atom is -0.309 e. The number of aromatic amines is 1. The summed E-state index contributed by atoms with van der Waals surface area (Å²) in [5.74, 6) is 1.69. The molecular formula is C18H15ClN6OS. The highest BCUT2D eigenvalue weighted by Crippen LogP contribution is 2.21. The fourth-order valence-corrected chi connectivity index (χ4v) is 3.59. The van der Waals surface area contributed by atoms with Crippen LogP contribution in [0.3, 0.4) is 0 Å². The molecule has 4 aromatic rings. The normalized spacial score (nSPS) is 11.2. The minimum atomic E-state index is -0.182. The molecule has 136 valence electrons. The van der Waals surface area contributed by atoms with Crippen LogP contribution in [0, 0.1) is 13.8 Å². The first kappa shape index (κ1) is 17.7. The van der Waals surface area contributed by atoms with Crippen LogP contribution in [-0.2, 0) is 5.75 Å². The van der Waals surface area contributed by atoms with Gasteiger partial charge in [0.15, 0.2) is 5.82 Å². The van der Waals surface area contributed by atoms with Crippen molar-refractivity contribution in [1.82, 2.24) is 29.9 Å². The Morgan fingerprint density at radius 1 is 1.15 bits per heavy atom. The van der Waals surface area contributed by atoms with Gasteiger partial charge in [0.05, 0.1) is 22.3 Å². The van der Waals surface area contributed by atoms with Crippen LogP contribution in [0.5, 0.6) is 0 Å². The molecule has 0 atom stereocenters. The molecule has 0 aliphatic carbocycles. The zero-order valence-corrected chi connectivity index (χ0v) is 16.2. The van der Waals surface area contributed by atoms with Crippen LogP contribution in [0.25, 0.3) is 16.7 Å². The van der Waals surface area contributed by atoms with Crippen molar-refractivity contribution in [3.05, 3.63) is 69.0 Å². The van der Waals surface area contributed by atoms with Crippen molar-refractivity contribution in [2.24, 2.45) is 0 Å². The van der Waals surface area contributed by atoms with E-state index in [2.05, 4.69) is 25.3 Å². The third-order valence-electron chi connectivity index (χ3n) is 3.93. The molecule has 0 saturated heterocycles. The quantitative estimate of drug-likeness (QED) is 0.529. The van der Waals surface area contributed by atoms with Gasteiger partial charge in [0.25, 0.3) is 5.56 Å². The summed E-state index contributed by atoms with van der Waals surface area (Å²) in [6, 6.07) is 10.8. The van der Waals surface area contributed by atoms with Crippen molar-refractivity contribution in [2.75, 3.05) is 0 Å². The number of rotatable bonds is 4. The fraction of sp³-hybridized carbons (Fsp3) is 0.167. The average molecular weight is 399 g/mol. The number of aryl methyl sites for hydroxylation is 2. The first-order valence-electron chi connectivity index (χ1n) is 8.18. The molecule has 0 radical (unpaired) electrons. The van der Waals surface area contributed by atoms with Crippen molar-refractivity contribution in [3.63, 3.8) is 0 Å². The van der Waals surface area contributed by atoms with E-state index in [0.29, 0.717) is 33.3 Å². The number of H-pyrrole nitrogens is 1. The van der Waals surface area contributed by atoms with Crippen LogP contribution in [0.2, 0.25) is 5.02 Å². The number of aromatic nitrogens is 6. The Balaban J connectivity index is 1.53. The Hall–Kier alpha value is -2.71. The molecule has 0 amide bonds. The molecule has 3 heterocycles. The van der Waals surface area contributed by atoms with Crippen LogP contribution >= 0.6 is 23.4 Å². The lowest BCUT2D eigenvalue weighted by Gasteiger charge is -2.05. The molecular weight excluding hydrogens is 384 g/mol. The van der Waals surface area contributed by atoms with Gasteiger partial charge in [0, 0.05) is 10.7 Å². The maximum atomic E-state index is 12.2. The van der Waals surface area contributed by atoms with Crippen molar-refractivity contribution < 1.29 is 0 Å². The van der Waals surface area contributed by atoms with Gasteiger partial charge in [-0.1, -0.05) is 23.4 Å². The van der Waals surface area contributed by atoms with Crippen LogP contribution in [0.4, 0.5) is 0 Å². The zero-order valence-electron chi connectivity index (χ0n) is 14.6. The second-order valence-corrected chi connectivity index (χ2v) is 7.46. The highest BCUT2D eigenvalue weighted by Gasteiger charge is 2.08. The van der Waals surface area contributed by atoms with E-state index in [1.807, 2.05) is 32.0 Å². The van der Waals surface area contributed by atoms with Crippen LogP contribution in [-0.4, -0.2) is 29.9 Å². The summed E-state index contributed by atoms with van der Waals surface area (Å²) < 4.78 is 1.75. The van der Waals surface area contributed by atoms with Gasteiger partial charge in [0.1, 0.15) is 10.9 Å². The van der Waals surface area contributed by atoms with E-state index in [1.165, 1.54) is 11.8 Å². The topological polar surface area (TPSA) is 89.4 Å². The molecule has 9 heteroatoms. The highest BCUT2D eigenvalue weighted by atomic mass is 35.5. The Morgan fingerprint density at radius 2 is 2.00 bits per heavy atom. The van der Waals surface area contributed by atoms with Crippen molar-refractivity contribution in [2.45, 2.75) is 24.6 Å². The standard InChI is InChI=1S/C18H15ClN6OS/c1-10-7-11(2)25(24-10)16-5-6-17(23-22-16)27-9-15-20-14-8-12(19)3-4-13(14)18(26)21-15/h3-8H,9H2,1-2H3,(H,20,21,26). The maximum Gasteiger partial charge on any atom is 0.258 e. The minimum absolute atomic E-state index is 0.182. The summed E-state index contributed by atoms with van der Waals surface area (Å²) in [5.41, 5.74) is 2.32. The lowest BCUT2D eigenvalue weighted by atomic mass is 10.2. The molecule has 7 nitrogen and oxygen atoms in total. The van der Waals surface area contributed by atoms with E-state index in [-0.39, 0.29) is 5.56 Å². The first-order valence-corrected chi connectivity index (χ1v) is 9.54. The van der Waals surface area contributed by atoms with E-state index in [0.717, 1.165) is 16.4 Å². The highest BCUT2D eigenvalue weighted by molar-refractivity contribution is 7.98. The monoisotopic (exact) mass is 398 g/mol. The number of fused-ring (bicyclic) bond motifs is 1. The molecule has 0 fully saturated rings. The summed E-state index contributed by atoms with van der Waals surface area (Å²) >= 11 is 7.43. The molecule has 0 spiro atoms. The predicted octanol–water partition coefficient (Wildman–Crippen LogP) is 3.46. The van der Waals surface area contributed by atoms with Gasteiger partial charge in [-0.25, -0.2) is 9.67 Å². The van der Waals surface area contributed by atoms with Crippen molar-refractivity contribution in [3.8, 4) is 5.82 Å². The van der Waals surface area contributed by atoms with Gasteiger partial charge in [-0.3, -0.25) is 4.79 Å². The second-order valence-electron chi connectivity index (χ2n) is 6.03. The number of thioether (sulfide) groups is 1. The van der Waals surface area contributed by atoms with Gasteiger partial charge in [-0.2, -0.15) is 5.10 Å². The fourth-order valence-electron chi connectivity index (χ4n) is 2.74. The van der Waals surface area contributed by atoms with E-state index >= 15 is 0 Å². The third kappa shape index (κ3) is 3.72. The van der Waals surface area contributed by atoms with Crippen LogP contribution < -0.4 is 5.56 Å². The Labute approximate surface area is 163 Å². The van der Waals surface area contributed by atoms with Crippen LogP contribution in [0.1, 0.15) is 17.2 Å². The number of benzene rings is 1. The zero-order chi connectivity index (χ0) is 19.0. The van der Waals surface area contributed by atoms with Gasteiger partial charge < -0.3 is 4.98 Å². The van der Waals surface area contributed by atoms with E-state index < -0.39 is 0 Å². The van der Waals surface area contributed by atoms with Crippen molar-refractivity contribution in [1.29, 1.82) is 0 Å². The summed E-state index contributed by atoms with van der Waals surface area (Å²) in [6.07, 6.45) is 0. The number of halogens is 1. The van der Waals surface area contributed by atoms with E-state index in [4.69, 9.17) is 11.6 Å². The number of hydrogen-bond donors (Lipinski definition) is 1. The predicted molar refractivity (Wildman–Crippen MR) is 106 cm³/mol. The Morgan fingerprint density at radius 3 is 2.70 bits per heavy atom. The summed E-state index contributed by atoms with van der Waals surface area (Å²) in [5, 5.41) is 14.7. The average Bonchev–Trinajstić information content (AvgIpc) is 2.98. The number of nitrogens with one attached hydrogen (secondary N) is 1. The summed E-state index contributed by atoms with van der Waals surface area (Å²) in [7, 11) is 0. The van der Waals surface area contributed by atoms with Crippen molar-refractivity contribution >= 4 is 34.3 Å². The van der Waals surface area contributed by atoms with E-state index in [9.17, 15) is 4.79 Å².